The van der Waals surface area contributed by atoms with E-state index in [4.69, 9.17) is 9.47 Å². The van der Waals surface area contributed by atoms with Gasteiger partial charge >= 0.3 is 0 Å². The number of pyridine rings is 1. The predicted molar refractivity (Wildman–Crippen MR) is 110 cm³/mol. The van der Waals surface area contributed by atoms with Crippen molar-refractivity contribution in [2.75, 3.05) is 31.4 Å². The smallest absolute Gasteiger partial charge is 0.257 e. The van der Waals surface area contributed by atoms with Crippen LogP contribution >= 0.6 is 0 Å². The number of aromatic nitrogens is 1. The molecule has 0 saturated heterocycles. The van der Waals surface area contributed by atoms with Crippen LogP contribution in [0.25, 0.3) is 0 Å². The fraction of sp³-hybridized carbons (Fsp3) is 0.182. The fourth-order valence-corrected chi connectivity index (χ4v) is 2.76. The number of amides is 1. The first kappa shape index (κ1) is 20.1. The third-order valence-corrected chi connectivity index (χ3v) is 4.34. The normalized spacial score (nSPS) is 10.3. The zero-order valence-corrected chi connectivity index (χ0v) is 16.2. The molecule has 1 heterocycles. The Morgan fingerprint density at radius 3 is 2.59 bits per heavy atom. The van der Waals surface area contributed by atoms with E-state index in [1.807, 2.05) is 6.07 Å². The van der Waals surface area contributed by atoms with Crippen molar-refractivity contribution in [3.8, 4) is 11.5 Å². The molecule has 2 N–H and O–H groups in total. The molecule has 0 unspecified atom stereocenters. The number of rotatable bonds is 8. The standard InChI is InChI=1S/C22H22FN3O3/c1-28-17-8-9-19(20(13-17)29-2)26-22(27)16-7-10-21(25-14-16)24-12-11-15-5-3-4-6-18(15)23/h3-10,13-14H,11-12H2,1-2H3,(H,24,25)(H,26,27). The second kappa shape index (κ2) is 9.54. The Kier molecular flexibility index (Phi) is 6.63. The molecule has 2 aromatic carbocycles. The first-order valence-electron chi connectivity index (χ1n) is 9.07. The number of carbonyl (C=O) groups is 1. The molecule has 1 aromatic heterocycles. The van der Waals surface area contributed by atoms with E-state index in [1.54, 1.807) is 49.6 Å². The van der Waals surface area contributed by atoms with Crippen molar-refractivity contribution in [3.05, 3.63) is 77.7 Å². The maximum absolute atomic E-state index is 13.6. The number of nitrogens with zero attached hydrogens (tertiary/aromatic N) is 1. The first-order valence-corrected chi connectivity index (χ1v) is 9.07. The summed E-state index contributed by atoms with van der Waals surface area (Å²) in [6.45, 7) is 0.530. The van der Waals surface area contributed by atoms with Crippen LogP contribution in [0.15, 0.2) is 60.8 Å². The minimum Gasteiger partial charge on any atom is -0.497 e. The fourth-order valence-electron chi connectivity index (χ4n) is 2.76. The van der Waals surface area contributed by atoms with Crippen LogP contribution in [0.2, 0.25) is 0 Å². The van der Waals surface area contributed by atoms with Crippen molar-refractivity contribution in [2.24, 2.45) is 0 Å². The SMILES string of the molecule is COc1ccc(NC(=O)c2ccc(NCCc3ccccc3F)nc2)c(OC)c1. The number of benzene rings is 2. The lowest BCUT2D eigenvalue weighted by Crippen LogP contribution is -2.13. The van der Waals surface area contributed by atoms with Crippen LogP contribution < -0.4 is 20.1 Å². The van der Waals surface area contributed by atoms with Crippen molar-refractivity contribution < 1.29 is 18.7 Å². The van der Waals surface area contributed by atoms with Gasteiger partial charge < -0.3 is 20.1 Å². The molecule has 0 bridgehead atoms. The minimum absolute atomic E-state index is 0.219. The maximum atomic E-state index is 13.6. The minimum atomic E-state index is -0.307. The van der Waals surface area contributed by atoms with Gasteiger partial charge in [0.05, 0.1) is 25.5 Å². The number of nitrogens with one attached hydrogen (secondary N) is 2. The Hall–Kier alpha value is -3.61. The van der Waals surface area contributed by atoms with Gasteiger partial charge in [-0.05, 0) is 42.3 Å². The number of ether oxygens (including phenoxy) is 2. The van der Waals surface area contributed by atoms with Gasteiger partial charge in [-0.2, -0.15) is 0 Å². The van der Waals surface area contributed by atoms with Crippen molar-refractivity contribution >= 4 is 17.4 Å². The molecule has 6 nitrogen and oxygen atoms in total. The molecule has 0 aliphatic rings. The summed E-state index contributed by atoms with van der Waals surface area (Å²) >= 11 is 0. The highest BCUT2D eigenvalue weighted by molar-refractivity contribution is 6.05. The van der Waals surface area contributed by atoms with Crippen LogP contribution in [-0.4, -0.2) is 31.7 Å². The van der Waals surface area contributed by atoms with E-state index >= 15 is 0 Å². The zero-order valence-electron chi connectivity index (χ0n) is 16.2. The Morgan fingerprint density at radius 2 is 1.90 bits per heavy atom. The van der Waals surface area contributed by atoms with Crippen molar-refractivity contribution in [2.45, 2.75) is 6.42 Å². The number of hydrogen-bond acceptors (Lipinski definition) is 5. The molecule has 0 aliphatic carbocycles. The topological polar surface area (TPSA) is 72.5 Å². The molecule has 0 spiro atoms. The van der Waals surface area contributed by atoms with Crippen LogP contribution in [0.1, 0.15) is 15.9 Å². The molecular formula is C22H22FN3O3. The third kappa shape index (κ3) is 5.22. The summed E-state index contributed by atoms with van der Waals surface area (Å²) in [4.78, 5) is 16.7. The summed E-state index contributed by atoms with van der Waals surface area (Å²) in [5, 5.41) is 5.92. The number of hydrogen-bond donors (Lipinski definition) is 2. The van der Waals surface area contributed by atoms with Crippen molar-refractivity contribution in [3.63, 3.8) is 0 Å². The molecule has 0 fully saturated rings. The van der Waals surface area contributed by atoms with Gasteiger partial charge in [-0.25, -0.2) is 9.37 Å². The van der Waals surface area contributed by atoms with Gasteiger partial charge in [0, 0.05) is 18.8 Å². The van der Waals surface area contributed by atoms with Gasteiger partial charge in [-0.1, -0.05) is 18.2 Å². The van der Waals surface area contributed by atoms with E-state index in [0.717, 1.165) is 0 Å². The molecule has 7 heteroatoms. The van der Waals surface area contributed by atoms with E-state index < -0.39 is 0 Å². The summed E-state index contributed by atoms with van der Waals surface area (Å²) in [6.07, 6.45) is 2.02. The van der Waals surface area contributed by atoms with E-state index in [0.29, 0.717) is 47.1 Å². The average molecular weight is 395 g/mol. The van der Waals surface area contributed by atoms with Crippen LogP contribution in [0, 0.1) is 5.82 Å². The summed E-state index contributed by atoms with van der Waals surface area (Å²) < 4.78 is 24.1. The number of methoxy groups -OCH3 is 2. The number of halogens is 1. The lowest BCUT2D eigenvalue weighted by Gasteiger charge is -2.12. The van der Waals surface area contributed by atoms with Crippen molar-refractivity contribution in [1.29, 1.82) is 0 Å². The van der Waals surface area contributed by atoms with Gasteiger partial charge in [0.15, 0.2) is 0 Å². The quantitative estimate of drug-likeness (QED) is 0.600. The van der Waals surface area contributed by atoms with Crippen LogP contribution in [0.5, 0.6) is 11.5 Å². The maximum Gasteiger partial charge on any atom is 0.257 e. The zero-order chi connectivity index (χ0) is 20.6. The number of carbonyl (C=O) groups excluding carboxylic acids is 1. The lowest BCUT2D eigenvalue weighted by atomic mass is 10.1. The second-order valence-electron chi connectivity index (χ2n) is 6.22. The number of anilines is 2. The van der Waals surface area contributed by atoms with Crippen molar-refractivity contribution in [1.82, 2.24) is 4.98 Å². The molecular weight excluding hydrogens is 373 g/mol. The molecule has 0 radical (unpaired) electrons. The van der Waals surface area contributed by atoms with E-state index in [2.05, 4.69) is 15.6 Å². The van der Waals surface area contributed by atoms with Gasteiger partial charge in [0.25, 0.3) is 5.91 Å². The largest absolute Gasteiger partial charge is 0.497 e. The van der Waals surface area contributed by atoms with Gasteiger partial charge in [0.1, 0.15) is 23.1 Å². The highest BCUT2D eigenvalue weighted by atomic mass is 19.1. The summed E-state index contributed by atoms with van der Waals surface area (Å²) in [6, 6.07) is 15.2. The Labute approximate surface area is 168 Å². The highest BCUT2D eigenvalue weighted by Gasteiger charge is 2.11. The van der Waals surface area contributed by atoms with Gasteiger partial charge in [-0.15, -0.1) is 0 Å². The highest BCUT2D eigenvalue weighted by Crippen LogP contribution is 2.29. The van der Waals surface area contributed by atoms with Crippen LogP contribution in [0.4, 0.5) is 15.9 Å². The Bertz CT molecular complexity index is 977. The monoisotopic (exact) mass is 395 g/mol. The Morgan fingerprint density at radius 1 is 1.07 bits per heavy atom. The molecule has 29 heavy (non-hydrogen) atoms. The summed E-state index contributed by atoms with van der Waals surface area (Å²) in [7, 11) is 3.08. The molecule has 0 saturated carbocycles. The summed E-state index contributed by atoms with van der Waals surface area (Å²) in [5.74, 6) is 1.21. The molecule has 1 amide bonds. The van der Waals surface area contributed by atoms with Crippen LogP contribution in [-0.2, 0) is 6.42 Å². The molecule has 3 rings (SSSR count). The van der Waals surface area contributed by atoms with E-state index in [9.17, 15) is 9.18 Å². The lowest BCUT2D eigenvalue weighted by molar-refractivity contribution is 0.102. The van der Waals surface area contributed by atoms with E-state index in [-0.39, 0.29) is 11.7 Å². The van der Waals surface area contributed by atoms with E-state index in [1.165, 1.54) is 19.4 Å². The molecule has 3 aromatic rings. The predicted octanol–water partition coefficient (Wildman–Crippen LogP) is 4.14. The summed E-state index contributed by atoms with van der Waals surface area (Å²) in [5.41, 5.74) is 1.58. The second-order valence-corrected chi connectivity index (χ2v) is 6.22. The first-order chi connectivity index (χ1) is 14.1. The molecule has 0 atom stereocenters. The molecule has 0 aliphatic heterocycles. The molecule has 150 valence electrons. The van der Waals surface area contributed by atoms with Gasteiger partial charge in [0.2, 0.25) is 0 Å². The van der Waals surface area contributed by atoms with Crippen LogP contribution in [0.3, 0.4) is 0 Å². The Balaban J connectivity index is 1.58. The third-order valence-electron chi connectivity index (χ3n) is 4.34. The van der Waals surface area contributed by atoms with Gasteiger partial charge in [-0.3, -0.25) is 4.79 Å². The average Bonchev–Trinajstić information content (AvgIpc) is 2.75.